The number of aryl methyl sites for hydroxylation is 1. The van der Waals surface area contributed by atoms with Gasteiger partial charge in [0, 0.05) is 31.1 Å². The lowest BCUT2D eigenvalue weighted by molar-refractivity contribution is -0.130. The predicted octanol–water partition coefficient (Wildman–Crippen LogP) is 4.47. The van der Waals surface area contributed by atoms with Gasteiger partial charge < -0.3 is 26.3 Å². The lowest BCUT2D eigenvalue weighted by Crippen LogP contribution is -2.48. The van der Waals surface area contributed by atoms with Crippen LogP contribution >= 0.6 is 12.4 Å². The molecule has 6 N–H and O–H groups in total. The van der Waals surface area contributed by atoms with Crippen LogP contribution in [0.4, 0.5) is 5.69 Å². The Morgan fingerprint density at radius 2 is 1.69 bits per heavy atom. The number of nitrogens with two attached hydrogens (primary N) is 1. The molecule has 6 rings (SSSR count). The molecule has 0 bridgehead atoms. The summed E-state index contributed by atoms with van der Waals surface area (Å²) in [5.41, 5.74) is 10.5. The van der Waals surface area contributed by atoms with E-state index in [1.807, 2.05) is 37.3 Å². The van der Waals surface area contributed by atoms with E-state index in [0.29, 0.717) is 42.3 Å². The number of sulfonamides is 1. The third-order valence-corrected chi connectivity index (χ3v) is 11.5. The number of H-pyrrole nitrogens is 2. The lowest BCUT2D eigenvalue weighted by Gasteiger charge is -2.28. The number of fused-ring (bicyclic) bond motifs is 1. The molecule has 1 aromatic heterocycles. The number of nitrogens with zero attached hydrogens (tertiary/aromatic N) is 1. The first-order chi connectivity index (χ1) is 22.6. The molecular weight excluding hydrogens is 652 g/mol. The number of aromatic nitrogens is 2. The van der Waals surface area contributed by atoms with Crippen molar-refractivity contribution in [3.8, 4) is 11.1 Å². The highest BCUT2D eigenvalue weighted by Crippen LogP contribution is 2.31. The van der Waals surface area contributed by atoms with E-state index in [-0.39, 0.29) is 47.1 Å². The van der Waals surface area contributed by atoms with Gasteiger partial charge in [0.05, 0.1) is 15.9 Å². The predicted molar refractivity (Wildman–Crippen MR) is 190 cm³/mol. The first-order valence-corrected chi connectivity index (χ1v) is 17.8. The molecule has 1 saturated carbocycles. The van der Waals surface area contributed by atoms with Crippen LogP contribution in [0.5, 0.6) is 0 Å². The van der Waals surface area contributed by atoms with Gasteiger partial charge in [-0.25, -0.2) is 13.2 Å². The molecule has 3 aromatic carbocycles. The molecule has 0 unspecified atom stereocenters. The van der Waals surface area contributed by atoms with Crippen molar-refractivity contribution >= 4 is 51.0 Å². The summed E-state index contributed by atoms with van der Waals surface area (Å²) in [6.07, 6.45) is 5.16. The molecule has 2 fully saturated rings. The number of imidazole rings is 1. The number of carbonyl (C=O) groups excluding carboxylic acids is 2. The van der Waals surface area contributed by atoms with Gasteiger partial charge in [0.15, 0.2) is 0 Å². The SMILES string of the molecule is Cc1ccc(S(=O)(=O)N2CCCC2)cc1-c1cccc(C[C@H](NC(=O)C2CCC(CN)CC2)C(=O)Nc2ccc3[nH]c(=O)[nH]c3c2)c1.Cl. The first-order valence-electron chi connectivity index (χ1n) is 16.3. The van der Waals surface area contributed by atoms with Crippen LogP contribution in [0, 0.1) is 18.8 Å². The fourth-order valence-corrected chi connectivity index (χ4v) is 8.29. The molecule has 256 valence electrons. The second kappa shape index (κ2) is 15.1. The summed E-state index contributed by atoms with van der Waals surface area (Å²) in [6.45, 7) is 3.61. The van der Waals surface area contributed by atoms with E-state index in [1.165, 1.54) is 4.31 Å². The molecule has 1 aliphatic carbocycles. The van der Waals surface area contributed by atoms with Gasteiger partial charge in [0.25, 0.3) is 0 Å². The summed E-state index contributed by atoms with van der Waals surface area (Å²) < 4.78 is 28.2. The van der Waals surface area contributed by atoms with Crippen LogP contribution in [0.1, 0.15) is 49.7 Å². The number of rotatable bonds is 10. The Morgan fingerprint density at radius 3 is 2.42 bits per heavy atom. The number of halogens is 1. The van der Waals surface area contributed by atoms with E-state index in [4.69, 9.17) is 5.73 Å². The van der Waals surface area contributed by atoms with E-state index >= 15 is 0 Å². The van der Waals surface area contributed by atoms with E-state index in [0.717, 1.165) is 60.8 Å². The van der Waals surface area contributed by atoms with Crippen molar-refractivity contribution in [3.63, 3.8) is 0 Å². The van der Waals surface area contributed by atoms with Crippen molar-refractivity contribution in [2.75, 3.05) is 25.0 Å². The number of hydrogen-bond donors (Lipinski definition) is 5. The Labute approximate surface area is 286 Å². The fraction of sp³-hybridized carbons (Fsp3) is 0.400. The third kappa shape index (κ3) is 7.84. The minimum absolute atomic E-state index is 0. The molecule has 1 aliphatic heterocycles. The lowest BCUT2D eigenvalue weighted by atomic mass is 9.81. The molecule has 2 amide bonds. The smallest absolute Gasteiger partial charge is 0.323 e. The van der Waals surface area contributed by atoms with Crippen LogP contribution in [0.25, 0.3) is 22.2 Å². The summed E-state index contributed by atoms with van der Waals surface area (Å²) in [4.78, 5) is 44.6. The largest absolute Gasteiger partial charge is 0.344 e. The summed E-state index contributed by atoms with van der Waals surface area (Å²) in [5, 5.41) is 5.95. The zero-order valence-corrected chi connectivity index (χ0v) is 28.6. The fourth-order valence-electron chi connectivity index (χ4n) is 6.75. The zero-order valence-electron chi connectivity index (χ0n) is 27.0. The molecular formula is C35H43ClN6O5S. The summed E-state index contributed by atoms with van der Waals surface area (Å²) in [6, 6.07) is 17.1. The van der Waals surface area contributed by atoms with Crippen LogP contribution in [-0.4, -0.2) is 60.2 Å². The molecule has 2 aliphatic rings. The molecule has 11 nitrogen and oxygen atoms in total. The summed E-state index contributed by atoms with van der Waals surface area (Å²) in [7, 11) is -3.59. The first kappa shape index (κ1) is 35.3. The Morgan fingerprint density at radius 1 is 0.958 bits per heavy atom. The van der Waals surface area contributed by atoms with Gasteiger partial charge >= 0.3 is 5.69 Å². The highest BCUT2D eigenvalue weighted by atomic mass is 35.5. The van der Waals surface area contributed by atoms with Gasteiger partial charge in [-0.05, 0) is 110 Å². The average molecular weight is 695 g/mol. The second-order valence-corrected chi connectivity index (χ2v) is 14.8. The molecule has 0 radical (unpaired) electrons. The van der Waals surface area contributed by atoms with E-state index in [1.54, 1.807) is 30.3 Å². The quantitative estimate of drug-likeness (QED) is 0.164. The van der Waals surface area contributed by atoms with Crippen molar-refractivity contribution in [3.05, 3.63) is 82.3 Å². The van der Waals surface area contributed by atoms with Crippen molar-refractivity contribution in [2.45, 2.75) is 62.8 Å². The van der Waals surface area contributed by atoms with Crippen LogP contribution < -0.4 is 22.1 Å². The van der Waals surface area contributed by atoms with Crippen LogP contribution in [-0.2, 0) is 26.0 Å². The highest BCUT2D eigenvalue weighted by molar-refractivity contribution is 7.89. The Bertz CT molecular complexity index is 1940. The minimum Gasteiger partial charge on any atom is -0.344 e. The maximum Gasteiger partial charge on any atom is 0.323 e. The number of anilines is 1. The molecule has 2 heterocycles. The van der Waals surface area contributed by atoms with Crippen molar-refractivity contribution in [1.82, 2.24) is 19.6 Å². The van der Waals surface area contributed by atoms with E-state index in [9.17, 15) is 22.8 Å². The normalized spacial score (nSPS) is 19.0. The Kier molecular flexibility index (Phi) is 11.1. The van der Waals surface area contributed by atoms with Gasteiger partial charge in [-0.1, -0.05) is 30.3 Å². The maximum absolute atomic E-state index is 13.8. The summed E-state index contributed by atoms with van der Waals surface area (Å²) >= 11 is 0. The minimum atomic E-state index is -3.59. The molecule has 4 aromatic rings. The number of hydrogen-bond acceptors (Lipinski definition) is 6. The number of aromatic amines is 2. The number of carbonyl (C=O) groups is 2. The van der Waals surface area contributed by atoms with Crippen LogP contribution in [0.3, 0.4) is 0 Å². The highest BCUT2D eigenvalue weighted by Gasteiger charge is 2.30. The number of nitrogens with one attached hydrogen (secondary N) is 4. The van der Waals surface area contributed by atoms with Gasteiger partial charge in [-0.2, -0.15) is 4.31 Å². The number of benzene rings is 3. The third-order valence-electron chi connectivity index (χ3n) is 9.56. The van der Waals surface area contributed by atoms with Crippen LogP contribution in [0.15, 0.2) is 70.4 Å². The standard InChI is InChI=1S/C35H42N6O5S.ClH/c1-22-7-13-28(47(45,46)41-15-2-3-16-41)20-29(22)26-6-4-5-24(17-26)18-32(38-33(42)25-10-8-23(21-36)9-11-25)34(43)37-27-12-14-30-31(19-27)40-35(44)39-30;/h4-7,12-14,17,19-20,23,25,32H,2-3,8-11,15-16,18,21,36H2,1H3,(H,37,43)(H,38,42)(H2,39,40,44);1H/t23?,25?,32-;/m0./s1. The number of amides is 2. The Hall–Kier alpha value is -3.97. The van der Waals surface area contributed by atoms with E-state index in [2.05, 4.69) is 20.6 Å². The topological polar surface area (TPSA) is 170 Å². The van der Waals surface area contributed by atoms with Crippen molar-refractivity contribution in [1.29, 1.82) is 0 Å². The van der Waals surface area contributed by atoms with Crippen molar-refractivity contribution < 1.29 is 18.0 Å². The van der Waals surface area contributed by atoms with Gasteiger partial charge in [0.2, 0.25) is 21.8 Å². The Balaban J connectivity index is 0.00000451. The van der Waals surface area contributed by atoms with Gasteiger partial charge in [0.1, 0.15) is 6.04 Å². The molecule has 48 heavy (non-hydrogen) atoms. The van der Waals surface area contributed by atoms with Gasteiger partial charge in [-0.15, -0.1) is 12.4 Å². The molecule has 13 heteroatoms. The zero-order chi connectivity index (χ0) is 33.1. The molecule has 1 saturated heterocycles. The molecule has 0 spiro atoms. The maximum atomic E-state index is 13.8. The van der Waals surface area contributed by atoms with Crippen molar-refractivity contribution in [2.24, 2.45) is 17.6 Å². The van der Waals surface area contributed by atoms with Gasteiger partial charge in [-0.3, -0.25) is 9.59 Å². The monoisotopic (exact) mass is 694 g/mol. The molecule has 1 atom stereocenters. The summed E-state index contributed by atoms with van der Waals surface area (Å²) in [5.74, 6) is -0.309. The van der Waals surface area contributed by atoms with Crippen LogP contribution in [0.2, 0.25) is 0 Å². The van der Waals surface area contributed by atoms with E-state index < -0.39 is 16.1 Å². The second-order valence-electron chi connectivity index (χ2n) is 12.8. The average Bonchev–Trinajstić information content (AvgIpc) is 3.75.